The summed E-state index contributed by atoms with van der Waals surface area (Å²) in [5, 5.41) is 19.9. The molecule has 0 saturated heterocycles. The number of ether oxygens (including phenoxy) is 2. The molecule has 1 aromatic rings. The number of rotatable bonds is 5. The molecular formula is C19H22O4. The van der Waals surface area contributed by atoms with E-state index in [-0.39, 0.29) is 11.5 Å². The van der Waals surface area contributed by atoms with E-state index < -0.39 is 5.60 Å². The zero-order chi connectivity index (χ0) is 17.0. The summed E-state index contributed by atoms with van der Waals surface area (Å²) in [6.45, 7) is 5.75. The number of phenolic OH excluding ortho intramolecular Hbond substituents is 1. The first-order chi connectivity index (χ1) is 10.9. The fraction of sp³-hybridized carbons (Fsp3) is 0.263. The van der Waals surface area contributed by atoms with Gasteiger partial charge in [-0.25, -0.2) is 0 Å². The average Bonchev–Trinajstić information content (AvgIpc) is 2.53. The Morgan fingerprint density at radius 1 is 1.30 bits per heavy atom. The SMILES string of the molecule is C=C(C)C=CC1(OC)C=C(c2ccc(O)c(OC)c2)C=C(O)C1. The lowest BCUT2D eigenvalue weighted by Crippen LogP contribution is -2.29. The third-order valence-electron chi connectivity index (χ3n) is 3.72. The second-order valence-electron chi connectivity index (χ2n) is 5.64. The zero-order valence-corrected chi connectivity index (χ0v) is 13.7. The molecule has 23 heavy (non-hydrogen) atoms. The predicted octanol–water partition coefficient (Wildman–Crippen LogP) is 4.15. The molecule has 122 valence electrons. The van der Waals surface area contributed by atoms with E-state index in [0.717, 1.165) is 16.7 Å². The van der Waals surface area contributed by atoms with Gasteiger partial charge in [-0.2, -0.15) is 0 Å². The lowest BCUT2D eigenvalue weighted by Gasteiger charge is -2.30. The Balaban J connectivity index is 2.49. The molecule has 1 aliphatic carbocycles. The van der Waals surface area contributed by atoms with E-state index >= 15 is 0 Å². The fourth-order valence-electron chi connectivity index (χ4n) is 2.48. The Kier molecular flexibility index (Phi) is 4.96. The summed E-state index contributed by atoms with van der Waals surface area (Å²) < 4.78 is 10.8. The summed E-state index contributed by atoms with van der Waals surface area (Å²) in [5.41, 5.74) is 1.77. The molecule has 1 aliphatic rings. The van der Waals surface area contributed by atoms with Crippen molar-refractivity contribution in [1.29, 1.82) is 0 Å². The van der Waals surface area contributed by atoms with Gasteiger partial charge in [0.1, 0.15) is 5.60 Å². The number of hydrogen-bond donors (Lipinski definition) is 2. The second-order valence-corrected chi connectivity index (χ2v) is 5.64. The highest BCUT2D eigenvalue weighted by atomic mass is 16.5. The van der Waals surface area contributed by atoms with Crippen LogP contribution in [0.4, 0.5) is 0 Å². The highest BCUT2D eigenvalue weighted by Gasteiger charge is 2.30. The molecular weight excluding hydrogens is 292 g/mol. The van der Waals surface area contributed by atoms with Crippen LogP contribution >= 0.6 is 0 Å². The van der Waals surface area contributed by atoms with Crippen molar-refractivity contribution in [2.45, 2.75) is 18.9 Å². The largest absolute Gasteiger partial charge is 0.512 e. The van der Waals surface area contributed by atoms with Crippen molar-refractivity contribution in [1.82, 2.24) is 0 Å². The van der Waals surface area contributed by atoms with E-state index in [1.807, 2.05) is 25.2 Å². The molecule has 0 radical (unpaired) electrons. The molecule has 1 unspecified atom stereocenters. The van der Waals surface area contributed by atoms with Gasteiger partial charge in [0.25, 0.3) is 0 Å². The summed E-state index contributed by atoms with van der Waals surface area (Å²) >= 11 is 0. The first-order valence-electron chi connectivity index (χ1n) is 7.29. The van der Waals surface area contributed by atoms with Crippen LogP contribution in [0, 0.1) is 0 Å². The summed E-state index contributed by atoms with van der Waals surface area (Å²) in [7, 11) is 3.10. The maximum absolute atomic E-state index is 10.2. The minimum Gasteiger partial charge on any atom is -0.512 e. The van der Waals surface area contributed by atoms with E-state index in [2.05, 4.69) is 6.58 Å². The van der Waals surface area contributed by atoms with Crippen molar-refractivity contribution in [3.8, 4) is 11.5 Å². The van der Waals surface area contributed by atoms with Gasteiger partial charge in [0, 0.05) is 13.5 Å². The third kappa shape index (κ3) is 3.85. The minimum atomic E-state index is -0.738. The van der Waals surface area contributed by atoms with E-state index in [1.54, 1.807) is 31.4 Å². The highest BCUT2D eigenvalue weighted by molar-refractivity contribution is 5.78. The Morgan fingerprint density at radius 2 is 2.04 bits per heavy atom. The highest BCUT2D eigenvalue weighted by Crippen LogP contribution is 2.36. The Labute approximate surface area is 136 Å². The van der Waals surface area contributed by atoms with Crippen LogP contribution in [0.25, 0.3) is 5.57 Å². The number of methoxy groups -OCH3 is 2. The van der Waals surface area contributed by atoms with Crippen LogP contribution in [0.3, 0.4) is 0 Å². The summed E-state index contributed by atoms with van der Waals surface area (Å²) in [6, 6.07) is 5.05. The molecule has 1 aromatic carbocycles. The number of aromatic hydroxyl groups is 1. The topological polar surface area (TPSA) is 58.9 Å². The van der Waals surface area contributed by atoms with Crippen LogP contribution in [0.15, 0.2) is 60.4 Å². The first-order valence-corrected chi connectivity index (χ1v) is 7.29. The fourth-order valence-corrected chi connectivity index (χ4v) is 2.48. The van der Waals surface area contributed by atoms with Gasteiger partial charge in [-0.3, -0.25) is 0 Å². The Bertz CT molecular complexity index is 697. The van der Waals surface area contributed by atoms with Crippen LogP contribution in [0.5, 0.6) is 11.5 Å². The van der Waals surface area contributed by atoms with Gasteiger partial charge in [0.15, 0.2) is 11.5 Å². The van der Waals surface area contributed by atoms with Crippen molar-refractivity contribution >= 4 is 5.57 Å². The van der Waals surface area contributed by atoms with Crippen molar-refractivity contribution < 1.29 is 19.7 Å². The molecule has 0 spiro atoms. The summed E-state index contributed by atoms with van der Waals surface area (Å²) in [4.78, 5) is 0. The lowest BCUT2D eigenvalue weighted by molar-refractivity contribution is 0.0642. The maximum atomic E-state index is 10.2. The number of benzene rings is 1. The molecule has 0 amide bonds. The quantitative estimate of drug-likeness (QED) is 0.802. The maximum Gasteiger partial charge on any atom is 0.161 e. The van der Waals surface area contributed by atoms with Gasteiger partial charge in [0.2, 0.25) is 0 Å². The molecule has 2 N–H and O–H groups in total. The number of aliphatic hydroxyl groups is 1. The zero-order valence-electron chi connectivity index (χ0n) is 13.7. The van der Waals surface area contributed by atoms with Crippen LogP contribution in [0.2, 0.25) is 0 Å². The summed E-state index contributed by atoms with van der Waals surface area (Å²) in [6.07, 6.45) is 7.74. The second kappa shape index (κ2) is 6.75. The standard InChI is InChI=1S/C19H22O4/c1-13(2)7-8-19(23-4)11-15(9-16(20)12-19)14-5-6-17(21)18(10-14)22-3/h5-11,20-21H,1,12H2,2-4H3. The molecule has 1 atom stereocenters. The predicted molar refractivity (Wildman–Crippen MR) is 91.7 cm³/mol. The number of allylic oxidation sites excluding steroid dienone is 4. The molecule has 0 saturated carbocycles. The Morgan fingerprint density at radius 3 is 2.65 bits per heavy atom. The van der Waals surface area contributed by atoms with Gasteiger partial charge in [-0.1, -0.05) is 24.3 Å². The van der Waals surface area contributed by atoms with Crippen LogP contribution < -0.4 is 4.74 Å². The normalized spacial score (nSPS) is 21.0. The molecule has 2 rings (SSSR count). The molecule has 0 aliphatic heterocycles. The molecule has 0 aromatic heterocycles. The van der Waals surface area contributed by atoms with Gasteiger partial charge < -0.3 is 19.7 Å². The van der Waals surface area contributed by atoms with Crippen molar-refractivity contribution in [3.63, 3.8) is 0 Å². The van der Waals surface area contributed by atoms with Gasteiger partial charge >= 0.3 is 0 Å². The Hall–Kier alpha value is -2.46. The smallest absolute Gasteiger partial charge is 0.161 e. The van der Waals surface area contributed by atoms with E-state index in [0.29, 0.717) is 12.2 Å². The number of phenols is 1. The monoisotopic (exact) mass is 314 g/mol. The lowest BCUT2D eigenvalue weighted by atomic mass is 9.86. The molecule has 0 heterocycles. The van der Waals surface area contributed by atoms with E-state index in [1.165, 1.54) is 7.11 Å². The van der Waals surface area contributed by atoms with E-state index in [9.17, 15) is 10.2 Å². The van der Waals surface area contributed by atoms with Crippen LogP contribution in [0.1, 0.15) is 18.9 Å². The van der Waals surface area contributed by atoms with Gasteiger partial charge in [0.05, 0.1) is 12.9 Å². The summed E-state index contributed by atoms with van der Waals surface area (Å²) in [5.74, 6) is 0.672. The molecule has 0 bridgehead atoms. The molecule has 4 nitrogen and oxygen atoms in total. The van der Waals surface area contributed by atoms with Gasteiger partial charge in [-0.05, 0) is 48.4 Å². The van der Waals surface area contributed by atoms with Crippen LogP contribution in [-0.4, -0.2) is 30.0 Å². The number of hydrogen-bond acceptors (Lipinski definition) is 4. The molecule has 4 heteroatoms. The number of aliphatic hydroxyl groups excluding tert-OH is 1. The first kappa shape index (κ1) is 16.9. The van der Waals surface area contributed by atoms with Crippen LogP contribution in [-0.2, 0) is 4.74 Å². The van der Waals surface area contributed by atoms with Crippen molar-refractivity contribution in [3.05, 3.63) is 66.0 Å². The third-order valence-corrected chi connectivity index (χ3v) is 3.72. The van der Waals surface area contributed by atoms with E-state index in [4.69, 9.17) is 9.47 Å². The minimum absolute atomic E-state index is 0.0704. The van der Waals surface area contributed by atoms with Crippen molar-refractivity contribution in [2.75, 3.05) is 14.2 Å². The molecule has 0 fully saturated rings. The van der Waals surface area contributed by atoms with Crippen molar-refractivity contribution in [2.24, 2.45) is 0 Å². The van der Waals surface area contributed by atoms with Gasteiger partial charge in [-0.15, -0.1) is 0 Å². The average molecular weight is 314 g/mol.